The number of rotatable bonds is 7. The molecule has 0 spiro atoms. The van der Waals surface area contributed by atoms with Crippen LogP contribution in [0.25, 0.3) is 16.6 Å². The van der Waals surface area contributed by atoms with Gasteiger partial charge in [-0.2, -0.15) is 10.2 Å². The van der Waals surface area contributed by atoms with E-state index in [4.69, 9.17) is 9.97 Å². The zero-order valence-corrected chi connectivity index (χ0v) is 25.3. The summed E-state index contributed by atoms with van der Waals surface area (Å²) in [4.78, 5) is 18.7. The largest absolute Gasteiger partial charge is 0.351 e. The van der Waals surface area contributed by atoms with E-state index in [9.17, 15) is 4.39 Å². The molecule has 10 nitrogen and oxygen atoms in total. The van der Waals surface area contributed by atoms with Crippen molar-refractivity contribution in [2.24, 2.45) is 7.05 Å². The molecule has 0 amide bonds. The van der Waals surface area contributed by atoms with Crippen molar-refractivity contribution in [3.8, 4) is 11.1 Å². The van der Waals surface area contributed by atoms with Gasteiger partial charge in [0.2, 0.25) is 5.95 Å². The molecule has 6 rings (SSSR count). The van der Waals surface area contributed by atoms with E-state index >= 15 is 0 Å². The van der Waals surface area contributed by atoms with Crippen molar-refractivity contribution < 1.29 is 4.39 Å². The summed E-state index contributed by atoms with van der Waals surface area (Å²) in [5.74, 6) is 1.34. The van der Waals surface area contributed by atoms with E-state index in [0.29, 0.717) is 5.95 Å². The molecule has 0 saturated carbocycles. The van der Waals surface area contributed by atoms with Crippen LogP contribution in [-0.2, 0) is 12.6 Å². The molecule has 0 bridgehead atoms. The molecule has 1 N–H and O–H groups in total. The van der Waals surface area contributed by atoms with E-state index < -0.39 is 5.54 Å². The number of aromatic nitrogens is 7. The third kappa shape index (κ3) is 5.68. The van der Waals surface area contributed by atoms with Gasteiger partial charge in [0, 0.05) is 79.5 Å². The van der Waals surface area contributed by atoms with Crippen molar-refractivity contribution in [1.29, 1.82) is 0 Å². The van der Waals surface area contributed by atoms with Crippen LogP contribution in [-0.4, -0.2) is 65.3 Å². The van der Waals surface area contributed by atoms with Gasteiger partial charge < -0.3 is 9.80 Å². The van der Waals surface area contributed by atoms with Crippen LogP contribution in [0.15, 0.2) is 67.6 Å². The summed E-state index contributed by atoms with van der Waals surface area (Å²) in [5, 5.41) is 8.72. The fraction of sp³-hybridized carbons (Fsp3) is 0.367. The monoisotopic (exact) mass is 586 g/mol. The van der Waals surface area contributed by atoms with Gasteiger partial charge in [-0.15, -0.1) is 0 Å². The second-order valence-corrected chi connectivity index (χ2v) is 13.4. The minimum Gasteiger partial charge on any atom is -0.351 e. The van der Waals surface area contributed by atoms with Crippen LogP contribution in [0, 0.1) is 5.82 Å². The Kier molecular flexibility index (Phi) is 7.36. The molecule has 5 heterocycles. The lowest BCUT2D eigenvalue weighted by molar-refractivity contribution is 0.540. The zero-order chi connectivity index (χ0) is 29.5. The number of benzene rings is 1. The smallest absolute Gasteiger partial charge is 0.225 e. The van der Waals surface area contributed by atoms with Crippen LogP contribution in [0.1, 0.15) is 38.8 Å². The molecule has 0 radical (unpaired) electrons. The van der Waals surface area contributed by atoms with Crippen molar-refractivity contribution >= 4 is 29.2 Å². The van der Waals surface area contributed by atoms with Gasteiger partial charge in [0.15, 0.2) is 5.82 Å². The van der Waals surface area contributed by atoms with Gasteiger partial charge in [0.25, 0.3) is 0 Å². The lowest BCUT2D eigenvalue weighted by Gasteiger charge is -2.36. The van der Waals surface area contributed by atoms with Crippen LogP contribution < -0.4 is 14.5 Å². The molecule has 4 aromatic heterocycles. The van der Waals surface area contributed by atoms with E-state index in [1.165, 1.54) is 12.1 Å². The van der Waals surface area contributed by atoms with Gasteiger partial charge in [-0.1, -0.05) is 24.1 Å². The molecular formula is C30H35FN10S. The summed E-state index contributed by atoms with van der Waals surface area (Å²) >= 11 is 1.64. The molecule has 1 unspecified atom stereocenters. The molecule has 5 aromatic rings. The van der Waals surface area contributed by atoms with Crippen LogP contribution in [0.3, 0.4) is 0 Å². The third-order valence-electron chi connectivity index (χ3n) is 7.48. The Morgan fingerprint density at radius 2 is 1.50 bits per heavy atom. The molecule has 1 fully saturated rings. The maximum atomic E-state index is 13.7. The Balaban J connectivity index is 1.18. The van der Waals surface area contributed by atoms with Gasteiger partial charge in [0.05, 0.1) is 11.7 Å². The molecular weight excluding hydrogens is 551 g/mol. The van der Waals surface area contributed by atoms with Crippen LogP contribution in [0.4, 0.5) is 16.2 Å². The number of halogens is 1. The maximum absolute atomic E-state index is 13.7. The summed E-state index contributed by atoms with van der Waals surface area (Å²) in [6.07, 6.45) is 11.2. The summed E-state index contributed by atoms with van der Waals surface area (Å²) in [6, 6.07) is 8.72. The van der Waals surface area contributed by atoms with E-state index in [1.54, 1.807) is 23.0 Å². The van der Waals surface area contributed by atoms with Gasteiger partial charge >= 0.3 is 0 Å². The summed E-state index contributed by atoms with van der Waals surface area (Å²) < 4.78 is 21.0. The first-order chi connectivity index (χ1) is 20.1. The molecule has 1 aromatic carbocycles. The Morgan fingerprint density at radius 3 is 2.14 bits per heavy atom. The molecule has 1 aliphatic rings. The lowest BCUT2D eigenvalue weighted by atomic mass is 9.87. The molecule has 42 heavy (non-hydrogen) atoms. The molecule has 218 valence electrons. The highest BCUT2D eigenvalue weighted by atomic mass is 32.2. The standard InChI is InChI=1S/C30H35FN10S/c1-29(2,3)42-37-30(4,23-6-8-25(31)9-7-23)24-16-32-28(33-17-24)40-12-10-39(11-13-40)27-26-14-21(19-41(26)36-20-34-27)22-15-35-38(5)18-22/h6-9,14-20,37H,10-13H2,1-5H3. The van der Waals surface area contributed by atoms with Gasteiger partial charge in [-0.3, -0.25) is 4.68 Å². The van der Waals surface area contributed by atoms with Crippen LogP contribution >= 0.6 is 11.9 Å². The average Bonchev–Trinajstić information content (AvgIpc) is 3.62. The quantitative estimate of drug-likeness (QED) is 0.273. The normalized spacial score (nSPS) is 15.8. The fourth-order valence-electron chi connectivity index (χ4n) is 5.07. The molecule has 1 saturated heterocycles. The minimum absolute atomic E-state index is 0.0157. The Bertz CT molecular complexity index is 1670. The highest BCUT2D eigenvalue weighted by Crippen LogP contribution is 2.34. The van der Waals surface area contributed by atoms with E-state index in [2.05, 4.69) is 63.5 Å². The Labute approximate surface area is 249 Å². The highest BCUT2D eigenvalue weighted by Gasteiger charge is 2.32. The summed E-state index contributed by atoms with van der Waals surface area (Å²) in [7, 11) is 1.91. The first kappa shape index (κ1) is 28.1. The average molecular weight is 587 g/mol. The number of hydrogen-bond donors (Lipinski definition) is 1. The fourth-order valence-corrected chi connectivity index (χ4v) is 5.82. The third-order valence-corrected chi connectivity index (χ3v) is 8.61. The number of piperazine rings is 1. The van der Waals surface area contributed by atoms with Crippen LogP contribution in [0.5, 0.6) is 0 Å². The molecule has 1 aliphatic heterocycles. The van der Waals surface area contributed by atoms with Gasteiger partial charge in [0.1, 0.15) is 17.7 Å². The summed E-state index contributed by atoms with van der Waals surface area (Å²) in [6.45, 7) is 11.6. The van der Waals surface area contributed by atoms with Crippen molar-refractivity contribution in [3.05, 3.63) is 84.6 Å². The predicted molar refractivity (Wildman–Crippen MR) is 165 cm³/mol. The number of fused-ring (bicyclic) bond motifs is 1. The van der Waals surface area contributed by atoms with Crippen molar-refractivity contribution in [1.82, 2.24) is 39.1 Å². The second kappa shape index (κ2) is 11.0. The first-order valence-electron chi connectivity index (χ1n) is 14.0. The summed E-state index contributed by atoms with van der Waals surface area (Å²) in [5.41, 5.74) is 4.31. The van der Waals surface area contributed by atoms with Gasteiger partial charge in [-0.25, -0.2) is 28.6 Å². The molecule has 0 aliphatic carbocycles. The second-order valence-electron chi connectivity index (χ2n) is 11.7. The number of nitrogens with zero attached hydrogens (tertiary/aromatic N) is 9. The number of anilines is 2. The van der Waals surface area contributed by atoms with Crippen molar-refractivity contribution in [2.75, 3.05) is 36.0 Å². The lowest BCUT2D eigenvalue weighted by Crippen LogP contribution is -2.47. The van der Waals surface area contributed by atoms with E-state index in [1.807, 2.05) is 54.7 Å². The Hall–Kier alpha value is -4.03. The van der Waals surface area contributed by atoms with E-state index in [0.717, 1.165) is 59.8 Å². The topological polar surface area (TPSA) is 92.3 Å². The Morgan fingerprint density at radius 1 is 0.810 bits per heavy atom. The zero-order valence-electron chi connectivity index (χ0n) is 24.5. The molecule has 1 atom stereocenters. The number of hydrogen-bond acceptors (Lipinski definition) is 9. The number of nitrogens with one attached hydrogen (secondary N) is 1. The molecule has 12 heteroatoms. The minimum atomic E-state index is -0.604. The van der Waals surface area contributed by atoms with Crippen molar-refractivity contribution in [3.63, 3.8) is 0 Å². The van der Waals surface area contributed by atoms with Gasteiger partial charge in [-0.05, 0) is 51.5 Å². The highest BCUT2D eigenvalue weighted by molar-refractivity contribution is 7.98. The SMILES string of the molecule is Cn1cc(-c2cc3c(N4CCN(c5ncc(C(C)(NSC(C)(C)C)c6ccc(F)cc6)cn5)CC4)ncnn3c2)cn1. The van der Waals surface area contributed by atoms with Crippen LogP contribution in [0.2, 0.25) is 0 Å². The first-order valence-corrected chi connectivity index (χ1v) is 14.8. The van der Waals surface area contributed by atoms with E-state index in [-0.39, 0.29) is 10.6 Å². The number of aryl methyl sites for hydroxylation is 1. The predicted octanol–water partition coefficient (Wildman–Crippen LogP) is 4.69. The maximum Gasteiger partial charge on any atom is 0.225 e. The van der Waals surface area contributed by atoms with Crippen molar-refractivity contribution in [2.45, 2.75) is 38.0 Å².